The van der Waals surface area contributed by atoms with E-state index in [0.717, 1.165) is 44.3 Å². The van der Waals surface area contributed by atoms with E-state index in [2.05, 4.69) is 21.8 Å². The number of aryl methyl sites for hydroxylation is 2. The molecule has 0 atom stereocenters. The first-order chi connectivity index (χ1) is 15.9. The van der Waals surface area contributed by atoms with Gasteiger partial charge in [0.25, 0.3) is 0 Å². The number of carbonyl (C=O) groups excluding carboxylic acids is 1. The van der Waals surface area contributed by atoms with Crippen LogP contribution in [0, 0.1) is 0 Å². The molecule has 0 radical (unpaired) electrons. The van der Waals surface area contributed by atoms with Crippen molar-refractivity contribution in [2.24, 2.45) is 0 Å². The number of benzene rings is 2. The summed E-state index contributed by atoms with van der Waals surface area (Å²) in [5, 5.41) is 0. The number of nitrogens with one attached hydrogen (secondary N) is 1. The minimum Gasteiger partial charge on any atom is -0.469 e. The van der Waals surface area contributed by atoms with Crippen LogP contribution < -0.4 is 4.72 Å². The zero-order valence-electron chi connectivity index (χ0n) is 19.3. The van der Waals surface area contributed by atoms with E-state index < -0.39 is 10.0 Å². The number of sulfonamides is 1. The van der Waals surface area contributed by atoms with E-state index in [1.54, 1.807) is 0 Å². The lowest BCUT2D eigenvalue weighted by molar-refractivity contribution is -0.139. The highest BCUT2D eigenvalue weighted by Gasteiger charge is 2.16. The number of carbonyl (C=O) groups is 1. The van der Waals surface area contributed by atoms with E-state index in [9.17, 15) is 13.2 Å². The van der Waals surface area contributed by atoms with Gasteiger partial charge in [0.05, 0.1) is 32.5 Å². The average molecular weight is 475 g/mol. The van der Waals surface area contributed by atoms with Crippen LogP contribution in [-0.4, -0.2) is 65.0 Å². The molecule has 33 heavy (non-hydrogen) atoms. The normalized spacial score (nSPS) is 14.7. The van der Waals surface area contributed by atoms with Crippen LogP contribution in [0.2, 0.25) is 0 Å². The van der Waals surface area contributed by atoms with Gasteiger partial charge in [0, 0.05) is 25.3 Å². The van der Waals surface area contributed by atoms with Crippen molar-refractivity contribution in [2.45, 2.75) is 32.1 Å². The Balaban J connectivity index is 1.36. The number of hydrogen-bond acceptors (Lipinski definition) is 6. The van der Waals surface area contributed by atoms with E-state index in [4.69, 9.17) is 9.47 Å². The zero-order valence-corrected chi connectivity index (χ0v) is 20.1. The summed E-state index contributed by atoms with van der Waals surface area (Å²) < 4.78 is 37.4. The Morgan fingerprint density at radius 3 is 2.06 bits per heavy atom. The summed E-state index contributed by atoms with van der Waals surface area (Å²) in [6.07, 6.45) is 4.35. The third-order valence-corrected chi connectivity index (χ3v) is 7.05. The molecule has 180 valence electrons. The van der Waals surface area contributed by atoms with Gasteiger partial charge < -0.3 is 9.47 Å². The fraction of sp³-hybridized carbons (Fsp3) is 0.480. The van der Waals surface area contributed by atoms with Gasteiger partial charge in [0.2, 0.25) is 10.0 Å². The molecule has 0 aliphatic carbocycles. The van der Waals surface area contributed by atoms with Crippen molar-refractivity contribution >= 4 is 21.7 Å². The number of methoxy groups -OCH3 is 1. The Labute approximate surface area is 197 Å². The maximum Gasteiger partial charge on any atom is 0.309 e. The van der Waals surface area contributed by atoms with Crippen LogP contribution in [0.25, 0.3) is 0 Å². The molecule has 0 bridgehead atoms. The second-order valence-corrected chi connectivity index (χ2v) is 10.2. The third-order valence-electron chi connectivity index (χ3n) is 5.79. The van der Waals surface area contributed by atoms with Crippen molar-refractivity contribution in [3.8, 4) is 0 Å². The number of anilines is 1. The van der Waals surface area contributed by atoms with E-state index in [0.29, 0.717) is 31.9 Å². The summed E-state index contributed by atoms with van der Waals surface area (Å²) >= 11 is 0. The van der Waals surface area contributed by atoms with Crippen LogP contribution in [0.5, 0.6) is 0 Å². The number of unbranched alkanes of at least 4 members (excludes halogenated alkanes) is 1. The number of hydrogen-bond donors (Lipinski definition) is 1. The maximum atomic E-state index is 12.4. The van der Waals surface area contributed by atoms with Gasteiger partial charge in [-0.1, -0.05) is 36.4 Å². The minimum atomic E-state index is -3.37. The van der Waals surface area contributed by atoms with Crippen molar-refractivity contribution in [3.05, 3.63) is 65.2 Å². The van der Waals surface area contributed by atoms with Crippen molar-refractivity contribution in [2.75, 3.05) is 50.4 Å². The minimum absolute atomic E-state index is 0.0818. The number of nitrogens with zero attached hydrogens (tertiary/aromatic N) is 1. The Hall–Kier alpha value is -2.42. The van der Waals surface area contributed by atoms with E-state index >= 15 is 0 Å². The monoisotopic (exact) mass is 474 g/mol. The Morgan fingerprint density at radius 2 is 1.48 bits per heavy atom. The van der Waals surface area contributed by atoms with Gasteiger partial charge in [-0.05, 0) is 54.5 Å². The molecular weight excluding hydrogens is 440 g/mol. The molecule has 0 amide bonds. The molecule has 2 aromatic carbocycles. The predicted molar refractivity (Wildman–Crippen MR) is 130 cm³/mol. The van der Waals surface area contributed by atoms with Gasteiger partial charge in [-0.25, -0.2) is 8.42 Å². The molecule has 3 rings (SSSR count). The molecular formula is C25H34N2O5S. The summed E-state index contributed by atoms with van der Waals surface area (Å²) in [7, 11) is -1.97. The number of ether oxygens (including phenoxy) is 2. The van der Waals surface area contributed by atoms with Gasteiger partial charge >= 0.3 is 5.97 Å². The first-order valence-electron chi connectivity index (χ1n) is 11.5. The van der Waals surface area contributed by atoms with Crippen LogP contribution in [0.3, 0.4) is 0 Å². The molecule has 0 unspecified atom stereocenters. The number of rotatable bonds is 12. The summed E-state index contributed by atoms with van der Waals surface area (Å²) in [5.41, 5.74) is 4.01. The zero-order chi connectivity index (χ0) is 23.5. The van der Waals surface area contributed by atoms with Gasteiger partial charge in [0.1, 0.15) is 0 Å². The highest BCUT2D eigenvalue weighted by atomic mass is 32.2. The molecule has 1 saturated heterocycles. The van der Waals surface area contributed by atoms with E-state index in [-0.39, 0.29) is 11.7 Å². The Bertz CT molecular complexity index is 969. The highest BCUT2D eigenvalue weighted by molar-refractivity contribution is 7.92. The summed E-state index contributed by atoms with van der Waals surface area (Å²) in [5.74, 6) is -0.145. The van der Waals surface area contributed by atoms with Gasteiger partial charge in [-0.15, -0.1) is 0 Å². The van der Waals surface area contributed by atoms with Crippen LogP contribution >= 0.6 is 0 Å². The first kappa shape index (κ1) is 25.2. The van der Waals surface area contributed by atoms with Gasteiger partial charge in [-0.2, -0.15) is 0 Å². The summed E-state index contributed by atoms with van der Waals surface area (Å²) in [4.78, 5) is 13.4. The van der Waals surface area contributed by atoms with Crippen molar-refractivity contribution in [3.63, 3.8) is 0 Å². The predicted octanol–water partition coefficient (Wildman–Crippen LogP) is 3.04. The molecule has 2 aromatic rings. The van der Waals surface area contributed by atoms with Crippen LogP contribution in [-0.2, 0) is 43.6 Å². The number of esters is 1. The molecule has 1 fully saturated rings. The van der Waals surface area contributed by atoms with Crippen molar-refractivity contribution < 1.29 is 22.7 Å². The number of morpholine rings is 1. The van der Waals surface area contributed by atoms with Crippen molar-refractivity contribution in [1.29, 1.82) is 0 Å². The lowest BCUT2D eigenvalue weighted by atomic mass is 10.0. The van der Waals surface area contributed by atoms with Crippen LogP contribution in [0.1, 0.15) is 29.5 Å². The Kier molecular flexibility index (Phi) is 9.72. The Morgan fingerprint density at radius 1 is 0.939 bits per heavy atom. The smallest absolute Gasteiger partial charge is 0.309 e. The molecule has 8 heteroatoms. The molecule has 0 spiro atoms. The van der Waals surface area contributed by atoms with E-state index in [1.807, 2.05) is 36.4 Å². The second-order valence-electron chi connectivity index (χ2n) is 8.35. The standard InChI is InChI=1S/C25H34N2O5S/c1-31-25(28)20-23-8-6-21(7-9-23)4-2-3-5-22-10-12-24(13-11-22)26-33(29,30)19-16-27-14-17-32-18-15-27/h6-13,26H,2-5,14-20H2,1H3. The fourth-order valence-electron chi connectivity index (χ4n) is 3.76. The lowest BCUT2D eigenvalue weighted by Crippen LogP contribution is -2.39. The molecule has 0 aromatic heterocycles. The summed E-state index contributed by atoms with van der Waals surface area (Å²) in [6, 6.07) is 15.7. The van der Waals surface area contributed by atoms with Gasteiger partial charge in [-0.3, -0.25) is 14.4 Å². The molecule has 0 saturated carbocycles. The molecule has 1 N–H and O–H groups in total. The van der Waals surface area contributed by atoms with Crippen molar-refractivity contribution in [1.82, 2.24) is 4.90 Å². The quantitative estimate of drug-likeness (QED) is 0.376. The fourth-order valence-corrected chi connectivity index (χ4v) is 4.86. The molecule has 7 nitrogen and oxygen atoms in total. The van der Waals surface area contributed by atoms with Crippen LogP contribution in [0.15, 0.2) is 48.5 Å². The SMILES string of the molecule is COC(=O)Cc1ccc(CCCCc2ccc(NS(=O)(=O)CCN3CCOCC3)cc2)cc1. The van der Waals surface area contributed by atoms with E-state index in [1.165, 1.54) is 18.2 Å². The van der Waals surface area contributed by atoms with Gasteiger partial charge in [0.15, 0.2) is 0 Å². The van der Waals surface area contributed by atoms with Crippen LogP contribution in [0.4, 0.5) is 5.69 Å². The summed E-state index contributed by atoms with van der Waals surface area (Å²) in [6.45, 7) is 3.41. The lowest BCUT2D eigenvalue weighted by Gasteiger charge is -2.26. The second kappa shape index (κ2) is 12.7. The largest absolute Gasteiger partial charge is 0.469 e. The third kappa shape index (κ3) is 9.15. The topological polar surface area (TPSA) is 84.9 Å². The maximum absolute atomic E-state index is 12.4. The highest BCUT2D eigenvalue weighted by Crippen LogP contribution is 2.15. The average Bonchev–Trinajstić information content (AvgIpc) is 2.83. The molecule has 1 aliphatic rings. The first-order valence-corrected chi connectivity index (χ1v) is 13.1. The molecule has 1 heterocycles. The molecule has 1 aliphatic heterocycles.